The Labute approximate surface area is 147 Å². The summed E-state index contributed by atoms with van der Waals surface area (Å²) in [6, 6.07) is 11.6. The Kier molecular flexibility index (Phi) is 3.24. The molecule has 1 N–H and O–H groups in total. The van der Waals surface area contributed by atoms with Crippen LogP contribution in [0.25, 0.3) is 22.2 Å². The van der Waals surface area contributed by atoms with Gasteiger partial charge in [-0.3, -0.25) is 4.57 Å². The van der Waals surface area contributed by atoms with Gasteiger partial charge in [0.15, 0.2) is 0 Å². The van der Waals surface area contributed by atoms with Crippen LogP contribution in [-0.4, -0.2) is 14.7 Å². The fourth-order valence-electron chi connectivity index (χ4n) is 3.82. The molecule has 5 rings (SSSR count). The van der Waals surface area contributed by atoms with E-state index >= 15 is 0 Å². The second-order valence-corrected chi connectivity index (χ2v) is 6.47. The van der Waals surface area contributed by atoms with E-state index in [0.29, 0.717) is 16.7 Å². The molecule has 1 aliphatic rings. The summed E-state index contributed by atoms with van der Waals surface area (Å²) in [7, 11) is 0. The van der Waals surface area contributed by atoms with Crippen molar-refractivity contribution >= 4 is 11.0 Å². The Bertz CT molecular complexity index is 1130. The van der Waals surface area contributed by atoms with E-state index in [4.69, 9.17) is 4.42 Å². The average Bonchev–Trinajstić information content (AvgIpc) is 3.31. The number of aliphatic hydroxyl groups excluding tert-OH is 1. The molecule has 0 aliphatic carbocycles. The molecular formula is C20H14F2N2O2. The van der Waals surface area contributed by atoms with Crippen LogP contribution in [0.3, 0.4) is 0 Å². The molecule has 4 aromatic rings. The number of hydrogen-bond donors (Lipinski definition) is 1. The van der Waals surface area contributed by atoms with Gasteiger partial charge >= 0.3 is 0 Å². The summed E-state index contributed by atoms with van der Waals surface area (Å²) in [4.78, 5) is 3.75. The van der Waals surface area contributed by atoms with Gasteiger partial charge in [0.25, 0.3) is 6.08 Å². The number of aromatic nitrogens is 2. The second kappa shape index (κ2) is 5.51. The Balaban J connectivity index is 1.56. The number of imidazole rings is 1. The van der Waals surface area contributed by atoms with Crippen molar-refractivity contribution in [1.82, 2.24) is 9.55 Å². The first kappa shape index (κ1) is 15.3. The van der Waals surface area contributed by atoms with Gasteiger partial charge in [0.2, 0.25) is 0 Å². The van der Waals surface area contributed by atoms with Crippen LogP contribution in [0.2, 0.25) is 0 Å². The van der Waals surface area contributed by atoms with Crippen molar-refractivity contribution < 1.29 is 18.3 Å². The van der Waals surface area contributed by atoms with Gasteiger partial charge < -0.3 is 9.52 Å². The van der Waals surface area contributed by atoms with Gasteiger partial charge in [0.1, 0.15) is 11.4 Å². The highest BCUT2D eigenvalue weighted by molar-refractivity contribution is 5.78. The number of nitrogens with zero attached hydrogens (tertiary/aromatic N) is 2. The van der Waals surface area contributed by atoms with Crippen molar-refractivity contribution in [2.24, 2.45) is 0 Å². The maximum atomic E-state index is 14.4. The van der Waals surface area contributed by atoms with Gasteiger partial charge in [-0.1, -0.05) is 24.3 Å². The molecular weight excluding hydrogens is 338 g/mol. The highest BCUT2D eigenvalue weighted by Crippen LogP contribution is 2.44. The number of aliphatic hydroxyl groups is 1. The lowest BCUT2D eigenvalue weighted by Gasteiger charge is -2.20. The third kappa shape index (κ3) is 2.12. The lowest BCUT2D eigenvalue weighted by molar-refractivity contribution is 0.147. The smallest absolute Gasteiger partial charge is 0.290 e. The number of furan rings is 1. The van der Waals surface area contributed by atoms with Crippen LogP contribution in [0.1, 0.15) is 29.7 Å². The van der Waals surface area contributed by atoms with Crippen LogP contribution >= 0.6 is 0 Å². The standard InChI is InChI=1S/C20H14F2N2O2/c21-15-8-19-11(5-6-26-19)7-14(15)18(25)9-16-12-3-1-2-4-13(12)17-10-23-20(22)24(16)17/h1-8,10,16,18,25H,9H2. The van der Waals surface area contributed by atoms with Crippen molar-refractivity contribution in [3.8, 4) is 11.3 Å². The molecule has 1 aliphatic heterocycles. The number of hydrogen-bond acceptors (Lipinski definition) is 3. The molecule has 3 heterocycles. The normalized spacial score (nSPS) is 16.7. The quantitative estimate of drug-likeness (QED) is 0.586. The van der Waals surface area contributed by atoms with E-state index in [2.05, 4.69) is 4.98 Å². The fraction of sp³-hybridized carbons (Fsp3) is 0.150. The largest absolute Gasteiger partial charge is 0.464 e. The van der Waals surface area contributed by atoms with E-state index < -0.39 is 24.0 Å². The van der Waals surface area contributed by atoms with E-state index in [1.807, 2.05) is 24.3 Å². The third-order valence-corrected chi connectivity index (χ3v) is 5.04. The predicted octanol–water partition coefficient (Wildman–Crippen LogP) is 4.60. The summed E-state index contributed by atoms with van der Waals surface area (Å²) in [6.45, 7) is 0. The highest BCUT2D eigenvalue weighted by Gasteiger charge is 2.33. The van der Waals surface area contributed by atoms with Crippen LogP contribution in [0.5, 0.6) is 0 Å². The van der Waals surface area contributed by atoms with Crippen LogP contribution in [0.15, 0.2) is 59.3 Å². The Morgan fingerprint density at radius 1 is 1.19 bits per heavy atom. The number of rotatable bonds is 3. The van der Waals surface area contributed by atoms with Crippen molar-refractivity contribution in [2.45, 2.75) is 18.6 Å². The van der Waals surface area contributed by atoms with Crippen molar-refractivity contribution in [3.63, 3.8) is 0 Å². The van der Waals surface area contributed by atoms with Gasteiger partial charge in [0, 0.05) is 29.0 Å². The molecule has 0 saturated carbocycles. The summed E-state index contributed by atoms with van der Waals surface area (Å²) in [5.41, 5.74) is 3.04. The molecule has 2 aromatic heterocycles. The van der Waals surface area contributed by atoms with Crippen LogP contribution < -0.4 is 0 Å². The molecule has 0 saturated heterocycles. The van der Waals surface area contributed by atoms with E-state index in [9.17, 15) is 13.9 Å². The molecule has 0 amide bonds. The topological polar surface area (TPSA) is 51.2 Å². The van der Waals surface area contributed by atoms with E-state index in [1.54, 1.807) is 12.1 Å². The van der Waals surface area contributed by atoms with Crippen molar-refractivity contribution in [1.29, 1.82) is 0 Å². The summed E-state index contributed by atoms with van der Waals surface area (Å²) in [5, 5.41) is 11.4. The van der Waals surface area contributed by atoms with Gasteiger partial charge in [-0.05, 0) is 17.7 Å². The third-order valence-electron chi connectivity index (χ3n) is 5.04. The lowest BCUT2D eigenvalue weighted by Crippen LogP contribution is -2.13. The Morgan fingerprint density at radius 2 is 2.04 bits per heavy atom. The number of fused-ring (bicyclic) bond motifs is 4. The van der Waals surface area contributed by atoms with E-state index in [-0.39, 0.29) is 12.0 Å². The molecule has 6 heteroatoms. The van der Waals surface area contributed by atoms with Crippen LogP contribution in [0.4, 0.5) is 8.78 Å². The molecule has 4 nitrogen and oxygen atoms in total. The van der Waals surface area contributed by atoms with Crippen molar-refractivity contribution in [2.75, 3.05) is 0 Å². The monoisotopic (exact) mass is 352 g/mol. The lowest BCUT2D eigenvalue weighted by atomic mass is 9.95. The van der Waals surface area contributed by atoms with Gasteiger partial charge in [-0.25, -0.2) is 9.37 Å². The number of benzene rings is 2. The van der Waals surface area contributed by atoms with Gasteiger partial charge in [-0.15, -0.1) is 0 Å². The zero-order valence-corrected chi connectivity index (χ0v) is 13.6. The molecule has 0 fully saturated rings. The average molecular weight is 352 g/mol. The minimum absolute atomic E-state index is 0.136. The summed E-state index contributed by atoms with van der Waals surface area (Å²) < 4.78 is 35.3. The van der Waals surface area contributed by atoms with Crippen molar-refractivity contribution in [3.05, 3.63) is 77.9 Å². The Hall–Kier alpha value is -2.99. The molecule has 2 atom stereocenters. The minimum atomic E-state index is -1.10. The first-order valence-corrected chi connectivity index (χ1v) is 8.30. The second-order valence-electron chi connectivity index (χ2n) is 6.47. The summed E-state index contributed by atoms with van der Waals surface area (Å²) in [6.07, 6.45) is 1.39. The maximum Gasteiger partial charge on any atom is 0.290 e. The van der Waals surface area contributed by atoms with E-state index in [1.165, 1.54) is 23.1 Å². The zero-order valence-electron chi connectivity index (χ0n) is 13.6. The maximum absolute atomic E-state index is 14.4. The predicted molar refractivity (Wildman–Crippen MR) is 91.5 cm³/mol. The van der Waals surface area contributed by atoms with Crippen LogP contribution in [0, 0.1) is 11.9 Å². The zero-order chi connectivity index (χ0) is 17.8. The molecule has 0 spiro atoms. The molecule has 0 radical (unpaired) electrons. The summed E-state index contributed by atoms with van der Waals surface area (Å²) >= 11 is 0. The Morgan fingerprint density at radius 3 is 2.92 bits per heavy atom. The fourth-order valence-corrected chi connectivity index (χ4v) is 3.82. The summed E-state index contributed by atoms with van der Waals surface area (Å²) in [5.74, 6) is -0.544. The molecule has 2 unspecified atom stereocenters. The van der Waals surface area contributed by atoms with Gasteiger partial charge in [0.05, 0.1) is 30.3 Å². The first-order valence-electron chi connectivity index (χ1n) is 8.30. The molecule has 2 aromatic carbocycles. The molecule has 130 valence electrons. The van der Waals surface area contributed by atoms with Crippen LogP contribution in [-0.2, 0) is 0 Å². The minimum Gasteiger partial charge on any atom is -0.464 e. The SMILES string of the molecule is OC(CC1c2ccccc2-c2cnc(F)n21)c1cc2ccoc2cc1F. The molecule has 26 heavy (non-hydrogen) atoms. The highest BCUT2D eigenvalue weighted by atomic mass is 19.1. The molecule has 0 bridgehead atoms. The van der Waals surface area contributed by atoms with Gasteiger partial charge in [-0.2, -0.15) is 4.39 Å². The first-order chi connectivity index (χ1) is 12.6. The number of halogens is 2. The van der Waals surface area contributed by atoms with E-state index in [0.717, 1.165) is 11.1 Å².